The summed E-state index contributed by atoms with van der Waals surface area (Å²) in [6, 6.07) is 1.94. The Hall–Kier alpha value is -2.32. The lowest BCUT2D eigenvalue weighted by molar-refractivity contribution is -0.212. The second-order valence-corrected chi connectivity index (χ2v) is 10.1. The van der Waals surface area contributed by atoms with E-state index in [0.717, 1.165) is 12.8 Å². The second kappa shape index (κ2) is 9.28. The van der Waals surface area contributed by atoms with Gasteiger partial charge in [0.1, 0.15) is 30.0 Å². The number of hydrogen-bond donors (Lipinski definition) is 2. The topological polar surface area (TPSA) is 120 Å². The predicted octanol–water partition coefficient (Wildman–Crippen LogP) is 2.01. The fraction of sp³-hybridized carbons (Fsp3) is 0.545. The normalized spacial score (nSPS) is 27.8. The summed E-state index contributed by atoms with van der Waals surface area (Å²) in [6.07, 6.45) is 2.23. The predicted molar refractivity (Wildman–Crippen MR) is 121 cm³/mol. The van der Waals surface area contributed by atoms with Gasteiger partial charge in [-0.1, -0.05) is 10.4 Å². The van der Waals surface area contributed by atoms with E-state index in [9.17, 15) is 19.0 Å². The highest BCUT2D eigenvalue weighted by Crippen LogP contribution is 2.42. The van der Waals surface area contributed by atoms with E-state index < -0.39 is 48.7 Å². The quantitative estimate of drug-likeness (QED) is 0.425. The van der Waals surface area contributed by atoms with Crippen LogP contribution >= 0.6 is 15.9 Å². The van der Waals surface area contributed by atoms with Crippen molar-refractivity contribution in [3.05, 3.63) is 46.3 Å². The van der Waals surface area contributed by atoms with Crippen molar-refractivity contribution in [1.29, 1.82) is 0 Å². The smallest absolute Gasteiger partial charge is 0.173 e. The fourth-order valence-corrected chi connectivity index (χ4v) is 4.78. The molecule has 5 rings (SSSR count). The highest BCUT2D eigenvalue weighted by Gasteiger charge is 2.47. The first-order valence-electron chi connectivity index (χ1n) is 11.2. The van der Waals surface area contributed by atoms with Crippen LogP contribution in [0.25, 0.3) is 11.3 Å². The van der Waals surface area contributed by atoms with Crippen molar-refractivity contribution in [2.75, 3.05) is 13.7 Å². The minimum atomic E-state index is -1.21. The van der Waals surface area contributed by atoms with Crippen molar-refractivity contribution in [2.24, 2.45) is 0 Å². The molecule has 1 saturated carbocycles. The van der Waals surface area contributed by atoms with Gasteiger partial charge in [0.15, 0.2) is 11.6 Å². The van der Waals surface area contributed by atoms with Crippen molar-refractivity contribution in [1.82, 2.24) is 30.0 Å². The summed E-state index contributed by atoms with van der Waals surface area (Å²) < 4.78 is 43.4. The minimum Gasteiger partial charge on any atom is -0.394 e. The van der Waals surface area contributed by atoms with Gasteiger partial charge >= 0.3 is 0 Å². The summed E-state index contributed by atoms with van der Waals surface area (Å²) in [5.41, 5.74) is 0.682. The first-order chi connectivity index (χ1) is 16.8. The molecule has 0 spiro atoms. The van der Waals surface area contributed by atoms with Crippen LogP contribution in [0.1, 0.15) is 31.5 Å². The fourth-order valence-electron chi connectivity index (χ4n) is 4.47. The molecule has 35 heavy (non-hydrogen) atoms. The van der Waals surface area contributed by atoms with Gasteiger partial charge in [0.2, 0.25) is 0 Å². The van der Waals surface area contributed by atoms with Crippen LogP contribution < -0.4 is 0 Å². The number of aromatic nitrogens is 6. The number of rotatable bonds is 7. The summed E-state index contributed by atoms with van der Waals surface area (Å²) in [5, 5.41) is 37.4. The molecule has 2 N–H and O–H groups in total. The molecule has 188 valence electrons. The van der Waals surface area contributed by atoms with Gasteiger partial charge in [0.05, 0.1) is 34.6 Å². The van der Waals surface area contributed by atoms with E-state index in [1.165, 1.54) is 30.1 Å². The van der Waals surface area contributed by atoms with Gasteiger partial charge in [-0.2, -0.15) is 0 Å². The number of aliphatic hydroxyl groups excluding tert-OH is 2. The van der Waals surface area contributed by atoms with Gasteiger partial charge in [0, 0.05) is 25.3 Å². The summed E-state index contributed by atoms with van der Waals surface area (Å²) in [4.78, 5) is 0. The molecule has 1 aromatic carbocycles. The SMILES string of the molecule is CO[C@@H]1[C@@H](n2cc(-c3ccc(Br)c(F)c3F)nn2)[C@@H](O)[C@@H](CO)O[C@@H]1Cc1cn(C2(C)CC2)nn1. The molecule has 3 heterocycles. The molecule has 2 fully saturated rings. The monoisotopic (exact) mass is 554 g/mol. The number of methoxy groups -OCH3 is 1. The van der Waals surface area contributed by atoms with Gasteiger partial charge in [-0.05, 0) is 47.8 Å². The molecule has 2 aromatic heterocycles. The molecular weight excluding hydrogens is 530 g/mol. The molecule has 5 atom stereocenters. The molecule has 1 aliphatic carbocycles. The molecule has 0 unspecified atom stereocenters. The van der Waals surface area contributed by atoms with Gasteiger partial charge in [-0.3, -0.25) is 0 Å². The van der Waals surface area contributed by atoms with Crippen molar-refractivity contribution >= 4 is 15.9 Å². The maximum Gasteiger partial charge on any atom is 0.173 e. The highest BCUT2D eigenvalue weighted by molar-refractivity contribution is 9.10. The number of nitrogens with zero attached hydrogens (tertiary/aromatic N) is 6. The van der Waals surface area contributed by atoms with Crippen LogP contribution in [0, 0.1) is 11.6 Å². The van der Waals surface area contributed by atoms with E-state index in [1.54, 1.807) is 0 Å². The Morgan fingerprint density at radius 1 is 1.17 bits per heavy atom. The minimum absolute atomic E-state index is 0.00770. The van der Waals surface area contributed by atoms with E-state index >= 15 is 0 Å². The number of aliphatic hydroxyl groups is 2. The zero-order valence-corrected chi connectivity index (χ0v) is 20.6. The third-order valence-corrected chi connectivity index (χ3v) is 7.45. The average molecular weight is 555 g/mol. The third-order valence-electron chi connectivity index (χ3n) is 6.84. The maximum atomic E-state index is 14.5. The second-order valence-electron chi connectivity index (χ2n) is 9.24. The van der Waals surface area contributed by atoms with Gasteiger partial charge in [-0.25, -0.2) is 18.1 Å². The van der Waals surface area contributed by atoms with Crippen LogP contribution in [0.15, 0.2) is 29.0 Å². The Labute approximate surface area is 208 Å². The largest absolute Gasteiger partial charge is 0.394 e. The molecule has 10 nitrogen and oxygen atoms in total. The maximum absolute atomic E-state index is 14.5. The lowest BCUT2D eigenvalue weighted by atomic mass is 9.90. The van der Waals surface area contributed by atoms with Crippen LogP contribution in [0.2, 0.25) is 0 Å². The molecular formula is C22H25BrF2N6O4. The lowest BCUT2D eigenvalue weighted by Gasteiger charge is -2.43. The third kappa shape index (κ3) is 4.40. The summed E-state index contributed by atoms with van der Waals surface area (Å²) >= 11 is 2.96. The van der Waals surface area contributed by atoms with E-state index in [0.29, 0.717) is 12.1 Å². The number of benzene rings is 1. The highest BCUT2D eigenvalue weighted by atomic mass is 79.9. The molecule has 0 radical (unpaired) electrons. The van der Waals surface area contributed by atoms with Crippen molar-refractivity contribution in [2.45, 2.75) is 62.2 Å². The molecule has 3 aromatic rings. The average Bonchev–Trinajstić information content (AvgIpc) is 3.23. The lowest BCUT2D eigenvalue weighted by Crippen LogP contribution is -2.57. The number of ether oxygens (including phenoxy) is 2. The van der Waals surface area contributed by atoms with Gasteiger partial charge < -0.3 is 19.7 Å². The first-order valence-corrected chi connectivity index (χ1v) is 12.0. The Kier molecular flexibility index (Phi) is 6.46. The van der Waals surface area contributed by atoms with Crippen LogP contribution in [-0.4, -0.2) is 78.3 Å². The molecule has 0 amide bonds. The zero-order valence-electron chi connectivity index (χ0n) is 19.1. The number of hydrogen-bond acceptors (Lipinski definition) is 8. The van der Waals surface area contributed by atoms with E-state index in [1.807, 2.05) is 10.9 Å². The molecule has 0 bridgehead atoms. The van der Waals surface area contributed by atoms with E-state index in [2.05, 4.69) is 43.5 Å². The van der Waals surface area contributed by atoms with E-state index in [4.69, 9.17) is 9.47 Å². The first kappa shape index (κ1) is 24.4. The Balaban J connectivity index is 1.44. The van der Waals surface area contributed by atoms with Gasteiger partial charge in [0.25, 0.3) is 0 Å². The summed E-state index contributed by atoms with van der Waals surface area (Å²) in [5.74, 6) is -2.10. The molecule has 13 heteroatoms. The molecule has 1 aliphatic heterocycles. The van der Waals surface area contributed by atoms with Crippen LogP contribution in [0.3, 0.4) is 0 Å². The zero-order chi connectivity index (χ0) is 24.9. The number of halogens is 3. The molecule has 1 saturated heterocycles. The van der Waals surface area contributed by atoms with Crippen LogP contribution in [0.5, 0.6) is 0 Å². The standard InChI is InChI=1S/C22H25BrF2N6O4/c1-22(5-6-22)31-8-11(26-29-31)7-15-21(34-2)19(20(33)16(10-32)35-15)30-9-14(27-28-30)12-3-4-13(23)18(25)17(12)24/h3-4,8-9,15-16,19-21,32-33H,5-7,10H2,1-2H3/t15-,16-,19+,20+,21+/m1/s1. The van der Waals surface area contributed by atoms with Crippen LogP contribution in [-0.2, 0) is 21.4 Å². The Morgan fingerprint density at radius 2 is 1.94 bits per heavy atom. The molecule has 2 aliphatic rings. The summed E-state index contributed by atoms with van der Waals surface area (Å²) in [7, 11) is 1.48. The van der Waals surface area contributed by atoms with Crippen LogP contribution in [0.4, 0.5) is 8.78 Å². The van der Waals surface area contributed by atoms with Crippen molar-refractivity contribution < 1.29 is 28.5 Å². The van der Waals surface area contributed by atoms with Crippen molar-refractivity contribution in [3.63, 3.8) is 0 Å². The van der Waals surface area contributed by atoms with Gasteiger partial charge in [-0.15, -0.1) is 10.2 Å². The Morgan fingerprint density at radius 3 is 2.63 bits per heavy atom. The Bertz CT molecular complexity index is 1220. The summed E-state index contributed by atoms with van der Waals surface area (Å²) in [6.45, 7) is 1.67. The van der Waals surface area contributed by atoms with E-state index in [-0.39, 0.29) is 21.3 Å². The van der Waals surface area contributed by atoms with Crippen molar-refractivity contribution in [3.8, 4) is 11.3 Å².